The second-order valence-electron chi connectivity index (χ2n) is 3.21. The van der Waals surface area contributed by atoms with Crippen molar-refractivity contribution in [1.29, 1.82) is 0 Å². The molecule has 0 amide bonds. The second-order valence-corrected chi connectivity index (χ2v) is 3.62. The quantitative estimate of drug-likeness (QED) is 0.795. The molecule has 0 unspecified atom stereocenters. The van der Waals surface area contributed by atoms with E-state index in [0.29, 0.717) is 16.5 Å². The molecule has 3 heteroatoms. The summed E-state index contributed by atoms with van der Waals surface area (Å²) in [5.41, 5.74) is 0. The van der Waals surface area contributed by atoms with Crippen LogP contribution in [0.5, 0.6) is 17.2 Å². The largest absolute Gasteiger partial charge is 0.497 e. The fourth-order valence-electron chi connectivity index (χ4n) is 1.32. The van der Waals surface area contributed by atoms with E-state index < -0.39 is 0 Å². The van der Waals surface area contributed by atoms with Gasteiger partial charge in [-0.3, -0.25) is 0 Å². The van der Waals surface area contributed by atoms with E-state index in [1.165, 1.54) is 0 Å². The molecule has 2 rings (SSSR count). The van der Waals surface area contributed by atoms with Crippen LogP contribution < -0.4 is 9.47 Å². The average Bonchev–Trinajstić information content (AvgIpc) is 2.32. The molecule has 82 valence electrons. The number of hydrogen-bond acceptors (Lipinski definition) is 2. The van der Waals surface area contributed by atoms with E-state index in [1.54, 1.807) is 13.2 Å². The third kappa shape index (κ3) is 2.47. The lowest BCUT2D eigenvalue weighted by atomic mass is 10.3. The first-order valence-corrected chi connectivity index (χ1v) is 5.24. The molecule has 0 radical (unpaired) electrons. The maximum absolute atomic E-state index is 5.99. The van der Waals surface area contributed by atoms with Crippen LogP contribution in [0, 0.1) is 0 Å². The van der Waals surface area contributed by atoms with Crippen LogP contribution in [0.25, 0.3) is 0 Å². The Morgan fingerprint density at radius 2 is 1.69 bits per heavy atom. The van der Waals surface area contributed by atoms with Crippen molar-refractivity contribution >= 4 is 11.6 Å². The zero-order valence-electron chi connectivity index (χ0n) is 8.81. The predicted octanol–water partition coefficient (Wildman–Crippen LogP) is 4.14. The summed E-state index contributed by atoms with van der Waals surface area (Å²) in [5.74, 6) is 2.09. The lowest BCUT2D eigenvalue weighted by molar-refractivity contribution is 0.409. The number of hydrogen-bond donors (Lipinski definition) is 0. The van der Waals surface area contributed by atoms with E-state index >= 15 is 0 Å². The molecule has 2 aromatic rings. The Kier molecular flexibility index (Phi) is 3.32. The van der Waals surface area contributed by atoms with Gasteiger partial charge in [-0.15, -0.1) is 0 Å². The van der Waals surface area contributed by atoms with Crippen molar-refractivity contribution in [2.45, 2.75) is 0 Å². The SMILES string of the molecule is COc1cccc(Oc2ccccc2Cl)c1. The van der Waals surface area contributed by atoms with E-state index in [1.807, 2.05) is 42.5 Å². The van der Waals surface area contributed by atoms with Crippen molar-refractivity contribution in [2.75, 3.05) is 7.11 Å². The van der Waals surface area contributed by atoms with Gasteiger partial charge in [0.1, 0.15) is 17.2 Å². The van der Waals surface area contributed by atoms with Crippen LogP contribution in [0.4, 0.5) is 0 Å². The normalized spacial score (nSPS) is 9.88. The standard InChI is InChI=1S/C13H11ClO2/c1-15-10-5-4-6-11(9-10)16-13-8-3-2-7-12(13)14/h2-9H,1H3. The summed E-state index contributed by atoms with van der Waals surface area (Å²) in [6, 6.07) is 14.7. The molecule has 0 aliphatic heterocycles. The number of para-hydroxylation sites is 1. The summed E-state index contributed by atoms with van der Waals surface area (Å²) < 4.78 is 10.7. The maximum atomic E-state index is 5.99. The van der Waals surface area contributed by atoms with Gasteiger partial charge < -0.3 is 9.47 Å². The van der Waals surface area contributed by atoms with E-state index in [0.717, 1.165) is 5.75 Å². The van der Waals surface area contributed by atoms with Gasteiger partial charge in [0.2, 0.25) is 0 Å². The Bertz CT molecular complexity index is 483. The predicted molar refractivity (Wildman–Crippen MR) is 64.5 cm³/mol. The minimum Gasteiger partial charge on any atom is -0.497 e. The van der Waals surface area contributed by atoms with Gasteiger partial charge in [-0.2, -0.15) is 0 Å². The van der Waals surface area contributed by atoms with Crippen LogP contribution in [0.15, 0.2) is 48.5 Å². The molecule has 2 aromatic carbocycles. The summed E-state index contributed by atoms with van der Waals surface area (Å²) >= 11 is 5.99. The maximum Gasteiger partial charge on any atom is 0.146 e. The number of ether oxygens (including phenoxy) is 2. The molecule has 0 saturated heterocycles. The second kappa shape index (κ2) is 4.90. The van der Waals surface area contributed by atoms with Crippen LogP contribution in [0.2, 0.25) is 5.02 Å². The topological polar surface area (TPSA) is 18.5 Å². The minimum atomic E-state index is 0.588. The van der Waals surface area contributed by atoms with Crippen LogP contribution >= 0.6 is 11.6 Å². The fraction of sp³-hybridized carbons (Fsp3) is 0.0769. The highest BCUT2D eigenvalue weighted by molar-refractivity contribution is 6.32. The number of halogens is 1. The third-order valence-electron chi connectivity index (χ3n) is 2.11. The molecule has 0 aromatic heterocycles. The number of benzene rings is 2. The smallest absolute Gasteiger partial charge is 0.146 e. The van der Waals surface area contributed by atoms with Gasteiger partial charge in [-0.25, -0.2) is 0 Å². The number of methoxy groups -OCH3 is 1. The van der Waals surface area contributed by atoms with Crippen LogP contribution in [0.3, 0.4) is 0 Å². The van der Waals surface area contributed by atoms with Gasteiger partial charge in [0, 0.05) is 6.07 Å². The van der Waals surface area contributed by atoms with Crippen LogP contribution in [0.1, 0.15) is 0 Å². The highest BCUT2D eigenvalue weighted by Crippen LogP contribution is 2.30. The molecular weight excluding hydrogens is 224 g/mol. The molecular formula is C13H11ClO2. The number of rotatable bonds is 3. The molecule has 0 spiro atoms. The molecule has 0 saturated carbocycles. The van der Waals surface area contributed by atoms with Gasteiger partial charge in [-0.05, 0) is 24.3 Å². The molecule has 0 fully saturated rings. The Morgan fingerprint density at radius 3 is 2.44 bits per heavy atom. The molecule has 16 heavy (non-hydrogen) atoms. The fourth-order valence-corrected chi connectivity index (χ4v) is 1.49. The highest BCUT2D eigenvalue weighted by atomic mass is 35.5. The van der Waals surface area contributed by atoms with Crippen molar-refractivity contribution in [1.82, 2.24) is 0 Å². The molecule has 0 aliphatic rings. The average molecular weight is 235 g/mol. The van der Waals surface area contributed by atoms with E-state index in [4.69, 9.17) is 21.1 Å². The first-order chi connectivity index (χ1) is 7.79. The van der Waals surface area contributed by atoms with Crippen LogP contribution in [-0.2, 0) is 0 Å². The van der Waals surface area contributed by atoms with E-state index in [-0.39, 0.29) is 0 Å². The summed E-state index contributed by atoms with van der Waals surface area (Å²) in [7, 11) is 1.62. The van der Waals surface area contributed by atoms with Gasteiger partial charge in [-0.1, -0.05) is 29.8 Å². The van der Waals surface area contributed by atoms with Gasteiger partial charge in [0.25, 0.3) is 0 Å². The minimum absolute atomic E-state index is 0.588. The first kappa shape index (κ1) is 10.8. The molecule has 0 atom stereocenters. The van der Waals surface area contributed by atoms with Gasteiger partial charge >= 0.3 is 0 Å². The van der Waals surface area contributed by atoms with Crippen LogP contribution in [-0.4, -0.2) is 7.11 Å². The monoisotopic (exact) mass is 234 g/mol. The third-order valence-corrected chi connectivity index (χ3v) is 2.42. The molecule has 0 bridgehead atoms. The van der Waals surface area contributed by atoms with E-state index in [9.17, 15) is 0 Å². The molecule has 2 nitrogen and oxygen atoms in total. The summed E-state index contributed by atoms with van der Waals surface area (Å²) in [5, 5.41) is 0.588. The van der Waals surface area contributed by atoms with Crippen molar-refractivity contribution in [2.24, 2.45) is 0 Å². The zero-order valence-corrected chi connectivity index (χ0v) is 9.57. The van der Waals surface area contributed by atoms with Gasteiger partial charge in [0.05, 0.1) is 12.1 Å². The lowest BCUT2D eigenvalue weighted by Gasteiger charge is -2.08. The first-order valence-electron chi connectivity index (χ1n) is 4.86. The molecule has 0 heterocycles. The Morgan fingerprint density at radius 1 is 0.938 bits per heavy atom. The molecule has 0 N–H and O–H groups in total. The Hall–Kier alpha value is -1.67. The highest BCUT2D eigenvalue weighted by Gasteiger charge is 2.02. The van der Waals surface area contributed by atoms with E-state index in [2.05, 4.69) is 0 Å². The van der Waals surface area contributed by atoms with Crippen molar-refractivity contribution in [3.63, 3.8) is 0 Å². The lowest BCUT2D eigenvalue weighted by Crippen LogP contribution is -1.87. The Labute approximate surface area is 99.4 Å². The van der Waals surface area contributed by atoms with Gasteiger partial charge in [0.15, 0.2) is 0 Å². The summed E-state index contributed by atoms with van der Waals surface area (Å²) in [4.78, 5) is 0. The van der Waals surface area contributed by atoms with Crippen molar-refractivity contribution < 1.29 is 9.47 Å². The summed E-state index contributed by atoms with van der Waals surface area (Å²) in [6.07, 6.45) is 0. The Balaban J connectivity index is 2.24. The summed E-state index contributed by atoms with van der Waals surface area (Å²) in [6.45, 7) is 0. The zero-order chi connectivity index (χ0) is 11.4. The molecule has 0 aliphatic carbocycles. The van der Waals surface area contributed by atoms with Crippen molar-refractivity contribution in [3.8, 4) is 17.2 Å². The van der Waals surface area contributed by atoms with Crippen molar-refractivity contribution in [3.05, 3.63) is 53.6 Å².